The summed E-state index contributed by atoms with van der Waals surface area (Å²) in [5.74, 6) is 1.06. The van der Waals surface area contributed by atoms with Gasteiger partial charge in [-0.05, 0) is 48.9 Å². The Labute approximate surface area is 231 Å². The minimum atomic E-state index is -4.75. The summed E-state index contributed by atoms with van der Waals surface area (Å²) in [5, 5.41) is 8.75. The van der Waals surface area contributed by atoms with Gasteiger partial charge in [-0.2, -0.15) is 5.10 Å². The molecule has 1 aliphatic rings. The van der Waals surface area contributed by atoms with Crippen molar-refractivity contribution in [3.63, 3.8) is 0 Å². The van der Waals surface area contributed by atoms with Crippen LogP contribution >= 0.6 is 11.8 Å². The molecule has 1 amide bonds. The minimum absolute atomic E-state index is 0.0354. The molecule has 0 saturated carbocycles. The van der Waals surface area contributed by atoms with E-state index in [9.17, 15) is 18.0 Å². The van der Waals surface area contributed by atoms with E-state index in [2.05, 4.69) is 25.3 Å². The maximum Gasteiger partial charge on any atom is 0.573 e. The number of hydrogen-bond acceptors (Lipinski definition) is 8. The largest absolute Gasteiger partial charge is 0.573 e. The first kappa shape index (κ1) is 27.1. The molecule has 1 unspecified atom stereocenters. The highest BCUT2D eigenvalue weighted by molar-refractivity contribution is 8.01. The molecule has 13 heteroatoms. The van der Waals surface area contributed by atoms with Gasteiger partial charge in [-0.3, -0.25) is 15.1 Å². The van der Waals surface area contributed by atoms with Crippen LogP contribution in [0.4, 0.5) is 18.9 Å². The highest BCUT2D eigenvalue weighted by Gasteiger charge is 2.34. The van der Waals surface area contributed by atoms with E-state index in [0.717, 1.165) is 11.1 Å². The molecular weight excluding hydrogens is 545 g/mol. The van der Waals surface area contributed by atoms with Crippen molar-refractivity contribution in [3.8, 4) is 28.6 Å². The van der Waals surface area contributed by atoms with Gasteiger partial charge in [-0.25, -0.2) is 9.67 Å². The lowest BCUT2D eigenvalue weighted by molar-refractivity contribution is -0.274. The predicted molar refractivity (Wildman–Crippen MR) is 146 cm³/mol. The van der Waals surface area contributed by atoms with Crippen LogP contribution in [0.1, 0.15) is 12.5 Å². The summed E-state index contributed by atoms with van der Waals surface area (Å²) in [4.78, 5) is 18.5. The number of anilines is 1. The lowest BCUT2D eigenvalue weighted by Gasteiger charge is -2.25. The topological polar surface area (TPSA) is 93.9 Å². The predicted octanol–water partition coefficient (Wildman–Crippen LogP) is 5.22. The van der Waals surface area contributed by atoms with Gasteiger partial charge < -0.3 is 9.47 Å². The smallest absolute Gasteiger partial charge is 0.492 e. The van der Waals surface area contributed by atoms with Crippen LogP contribution in [0.25, 0.3) is 17.1 Å². The van der Waals surface area contributed by atoms with Crippen molar-refractivity contribution in [3.05, 3.63) is 84.7 Å². The van der Waals surface area contributed by atoms with Crippen molar-refractivity contribution in [2.24, 2.45) is 5.10 Å². The number of alkyl halides is 3. The van der Waals surface area contributed by atoms with Crippen LogP contribution in [0.2, 0.25) is 0 Å². The fraction of sp³-hybridized carbons (Fsp3) is 0.185. The normalized spacial score (nSPS) is 15.6. The third-order valence-electron chi connectivity index (χ3n) is 5.69. The minimum Gasteiger partial charge on any atom is -0.492 e. The summed E-state index contributed by atoms with van der Waals surface area (Å²) in [6, 6.07) is 20.1. The second-order valence-electron chi connectivity index (χ2n) is 8.39. The number of nitrogens with zero attached hydrogens (tertiary/aromatic N) is 5. The van der Waals surface area contributed by atoms with Crippen LogP contribution in [-0.2, 0) is 4.79 Å². The zero-order valence-corrected chi connectivity index (χ0v) is 21.9. The summed E-state index contributed by atoms with van der Waals surface area (Å²) in [5.41, 5.74) is 5.44. The second-order valence-corrected chi connectivity index (χ2v) is 9.46. The van der Waals surface area contributed by atoms with Crippen molar-refractivity contribution in [1.29, 1.82) is 0 Å². The van der Waals surface area contributed by atoms with Crippen molar-refractivity contribution < 1.29 is 27.4 Å². The number of nitrogens with one attached hydrogen (secondary N) is 1. The monoisotopic (exact) mass is 568 g/mol. The number of benzene rings is 3. The Morgan fingerprint density at radius 1 is 1.10 bits per heavy atom. The van der Waals surface area contributed by atoms with E-state index in [-0.39, 0.29) is 17.2 Å². The van der Waals surface area contributed by atoms with E-state index in [1.54, 1.807) is 11.1 Å². The molecule has 2 heterocycles. The maximum atomic E-state index is 12.6. The molecule has 4 aromatic rings. The van der Waals surface area contributed by atoms with Crippen molar-refractivity contribution in [1.82, 2.24) is 20.2 Å². The molecule has 1 N–H and O–H groups in total. The summed E-state index contributed by atoms with van der Waals surface area (Å²) in [6.45, 7) is 2.38. The second kappa shape index (κ2) is 11.7. The quantitative estimate of drug-likeness (QED) is 0.219. The third-order valence-corrected chi connectivity index (χ3v) is 6.73. The number of aromatic nitrogens is 3. The van der Waals surface area contributed by atoms with Crippen molar-refractivity contribution >= 4 is 29.6 Å². The van der Waals surface area contributed by atoms with Gasteiger partial charge in [0, 0.05) is 5.56 Å². The molecule has 1 saturated heterocycles. The molecule has 206 valence electrons. The number of carbonyl (C=O) groups excluding carboxylic acids is 1. The summed E-state index contributed by atoms with van der Waals surface area (Å²) in [6.07, 6.45) is -1.62. The Bertz CT molecular complexity index is 1490. The summed E-state index contributed by atoms with van der Waals surface area (Å²) in [7, 11) is 0. The van der Waals surface area contributed by atoms with Gasteiger partial charge in [0.15, 0.2) is 11.3 Å². The van der Waals surface area contributed by atoms with Crippen LogP contribution in [0, 0.1) is 0 Å². The van der Waals surface area contributed by atoms with E-state index < -0.39 is 6.36 Å². The van der Waals surface area contributed by atoms with Crippen molar-refractivity contribution in [2.45, 2.75) is 18.8 Å². The zero-order chi connectivity index (χ0) is 28.1. The molecule has 3 aromatic carbocycles. The molecule has 1 aliphatic heterocycles. The van der Waals surface area contributed by atoms with Crippen LogP contribution in [-0.4, -0.2) is 51.1 Å². The molecule has 1 aromatic heterocycles. The van der Waals surface area contributed by atoms with E-state index in [0.29, 0.717) is 35.3 Å². The number of thioether (sulfide) groups is 1. The molecule has 0 spiro atoms. The summed E-state index contributed by atoms with van der Waals surface area (Å²) < 4.78 is 48.2. The van der Waals surface area contributed by atoms with Gasteiger partial charge in [-0.15, -0.1) is 30.0 Å². The Kier molecular flexibility index (Phi) is 7.91. The van der Waals surface area contributed by atoms with Gasteiger partial charge in [-0.1, -0.05) is 36.4 Å². The lowest BCUT2D eigenvalue weighted by Crippen LogP contribution is -2.40. The Morgan fingerprint density at radius 2 is 1.85 bits per heavy atom. The lowest BCUT2D eigenvalue weighted by atomic mass is 10.1. The number of carbonyl (C=O) groups is 1. The molecule has 1 atom stereocenters. The van der Waals surface area contributed by atoms with Crippen LogP contribution in [0.5, 0.6) is 11.5 Å². The molecule has 9 nitrogen and oxygen atoms in total. The highest BCUT2D eigenvalue weighted by atomic mass is 32.2. The van der Waals surface area contributed by atoms with Crippen LogP contribution in [0.15, 0.2) is 84.2 Å². The average molecular weight is 569 g/mol. The number of halogens is 3. The number of hydrogen-bond donors (Lipinski definition) is 1. The van der Waals surface area contributed by atoms with Gasteiger partial charge in [0.05, 0.1) is 29.9 Å². The molecule has 0 radical (unpaired) electrons. The summed E-state index contributed by atoms with van der Waals surface area (Å²) >= 11 is 1.44. The first-order chi connectivity index (χ1) is 19.3. The highest BCUT2D eigenvalue weighted by Crippen LogP contribution is 2.35. The van der Waals surface area contributed by atoms with E-state index in [4.69, 9.17) is 4.74 Å². The first-order valence-electron chi connectivity index (χ1n) is 12.1. The maximum absolute atomic E-state index is 12.6. The fourth-order valence-electron chi connectivity index (χ4n) is 3.93. The molecule has 0 bridgehead atoms. The zero-order valence-electron chi connectivity index (χ0n) is 21.1. The molecule has 40 heavy (non-hydrogen) atoms. The number of amides is 1. The van der Waals surface area contributed by atoms with E-state index in [1.165, 1.54) is 47.0 Å². The molecular formula is C27H23F3N6O3S. The molecule has 1 fully saturated rings. The van der Waals surface area contributed by atoms with E-state index in [1.807, 2.05) is 55.5 Å². The molecule has 5 rings (SSSR count). The number of rotatable bonds is 9. The first-order valence-corrected chi connectivity index (χ1v) is 13.2. The van der Waals surface area contributed by atoms with Gasteiger partial charge >= 0.3 is 6.36 Å². The number of hydrazone groups is 1. The number of para-hydroxylation sites is 2. The average Bonchev–Trinajstić information content (AvgIpc) is 3.57. The fourth-order valence-corrected chi connectivity index (χ4v) is 4.88. The number of ether oxygens (including phenoxy) is 2. The van der Waals surface area contributed by atoms with Gasteiger partial charge in [0.2, 0.25) is 5.91 Å². The van der Waals surface area contributed by atoms with Crippen molar-refractivity contribution in [2.75, 3.05) is 17.3 Å². The van der Waals surface area contributed by atoms with E-state index >= 15 is 0 Å². The van der Waals surface area contributed by atoms with Gasteiger partial charge in [0.25, 0.3) is 0 Å². The Balaban J connectivity index is 1.22. The van der Waals surface area contributed by atoms with Crippen LogP contribution < -0.4 is 19.8 Å². The Morgan fingerprint density at radius 3 is 2.58 bits per heavy atom. The standard InChI is InChI=1S/C27H23F3N6O3S/c1-2-38-23-6-4-3-5-22(23)36-24(37)16-40-26(36)33-32-15-18-7-9-19(10-8-18)25-31-17-35(34-25)20-11-13-21(14-12-20)39-27(28,29)30/h3-15,17,26,33H,2,16H2,1H3/b32-15+. The SMILES string of the molecule is CCOc1ccccc1N1C(=O)CSC1N/N=C/c1ccc(-c2ncn(-c3ccc(OC(F)(F)F)cc3)n2)cc1. The van der Waals surface area contributed by atoms with Gasteiger partial charge in [0.1, 0.15) is 17.8 Å². The van der Waals surface area contributed by atoms with Crippen LogP contribution in [0.3, 0.4) is 0 Å². The molecule has 0 aliphatic carbocycles. The Hall–Kier alpha value is -4.52. The third kappa shape index (κ3) is 6.37.